The van der Waals surface area contributed by atoms with E-state index in [-0.39, 0.29) is 0 Å². The molecule has 92 valence electrons. The van der Waals surface area contributed by atoms with Gasteiger partial charge in [0.25, 0.3) is 0 Å². The van der Waals surface area contributed by atoms with Gasteiger partial charge in [-0.05, 0) is 38.8 Å². The summed E-state index contributed by atoms with van der Waals surface area (Å²) in [5.41, 5.74) is 0. The zero-order valence-electron chi connectivity index (χ0n) is 10.8. The van der Waals surface area contributed by atoms with Gasteiger partial charge in [-0.3, -0.25) is 0 Å². The summed E-state index contributed by atoms with van der Waals surface area (Å²) < 4.78 is 0. The predicted molar refractivity (Wildman–Crippen MR) is 70.4 cm³/mol. The van der Waals surface area contributed by atoms with Crippen LogP contribution in [-0.4, -0.2) is 17.0 Å². The van der Waals surface area contributed by atoms with Gasteiger partial charge in [-0.15, -0.1) is 0 Å². The standard InChI is InChI=1S/C15H27N/c1-2-13-16(14-9-5-3-6-10-14)15-11-7-4-8-12-15/h2,13-15H,3-12H2,1H3. The molecule has 0 bridgehead atoms. The third kappa shape index (κ3) is 3.02. The predicted octanol–water partition coefficient (Wildman–Crippen LogP) is 4.49. The van der Waals surface area contributed by atoms with Crippen molar-refractivity contribution in [1.82, 2.24) is 4.90 Å². The van der Waals surface area contributed by atoms with Gasteiger partial charge in [0.1, 0.15) is 0 Å². The van der Waals surface area contributed by atoms with Crippen LogP contribution in [0.2, 0.25) is 0 Å². The van der Waals surface area contributed by atoms with Crippen molar-refractivity contribution in [3.8, 4) is 0 Å². The van der Waals surface area contributed by atoms with Gasteiger partial charge in [-0.2, -0.15) is 0 Å². The summed E-state index contributed by atoms with van der Waals surface area (Å²) in [6, 6.07) is 1.71. The lowest BCUT2D eigenvalue weighted by atomic mass is 9.89. The van der Waals surface area contributed by atoms with Crippen LogP contribution in [0.3, 0.4) is 0 Å². The summed E-state index contributed by atoms with van der Waals surface area (Å²) in [5, 5.41) is 0. The van der Waals surface area contributed by atoms with E-state index < -0.39 is 0 Å². The number of hydrogen-bond acceptors (Lipinski definition) is 1. The topological polar surface area (TPSA) is 3.24 Å². The van der Waals surface area contributed by atoms with E-state index in [0.29, 0.717) is 0 Å². The molecule has 0 saturated heterocycles. The highest BCUT2D eigenvalue weighted by atomic mass is 15.2. The van der Waals surface area contributed by atoms with Gasteiger partial charge in [0.2, 0.25) is 0 Å². The molecule has 0 spiro atoms. The Balaban J connectivity index is 1.96. The van der Waals surface area contributed by atoms with Crippen molar-refractivity contribution in [2.24, 2.45) is 0 Å². The zero-order valence-corrected chi connectivity index (χ0v) is 10.8. The molecule has 2 rings (SSSR count). The minimum absolute atomic E-state index is 0.855. The van der Waals surface area contributed by atoms with Crippen molar-refractivity contribution in [3.63, 3.8) is 0 Å². The average Bonchev–Trinajstić information content (AvgIpc) is 2.38. The molecular formula is C15H27N. The van der Waals surface area contributed by atoms with Crippen molar-refractivity contribution in [1.29, 1.82) is 0 Å². The Labute approximate surface area is 101 Å². The van der Waals surface area contributed by atoms with E-state index in [9.17, 15) is 0 Å². The van der Waals surface area contributed by atoms with Crippen LogP contribution in [0, 0.1) is 0 Å². The fourth-order valence-electron chi connectivity index (χ4n) is 3.47. The first-order valence-corrected chi connectivity index (χ1v) is 7.32. The lowest BCUT2D eigenvalue weighted by molar-refractivity contribution is 0.134. The van der Waals surface area contributed by atoms with Gasteiger partial charge in [-0.1, -0.05) is 44.6 Å². The van der Waals surface area contributed by atoms with Crippen LogP contribution < -0.4 is 0 Å². The fourth-order valence-corrected chi connectivity index (χ4v) is 3.47. The van der Waals surface area contributed by atoms with E-state index in [1.807, 2.05) is 0 Å². The summed E-state index contributed by atoms with van der Waals surface area (Å²) in [5.74, 6) is 0. The molecule has 2 fully saturated rings. The Hall–Kier alpha value is -0.460. The Morgan fingerprint density at radius 1 is 0.750 bits per heavy atom. The maximum atomic E-state index is 2.72. The average molecular weight is 221 g/mol. The summed E-state index contributed by atoms with van der Waals surface area (Å²) in [7, 11) is 0. The third-order valence-electron chi connectivity index (χ3n) is 4.31. The second-order valence-corrected chi connectivity index (χ2v) is 5.51. The molecule has 0 atom stereocenters. The van der Waals surface area contributed by atoms with Gasteiger partial charge in [-0.25, -0.2) is 0 Å². The van der Waals surface area contributed by atoms with Gasteiger partial charge < -0.3 is 4.90 Å². The minimum atomic E-state index is 0.855. The summed E-state index contributed by atoms with van der Waals surface area (Å²) in [6.07, 6.45) is 19.1. The van der Waals surface area contributed by atoms with Gasteiger partial charge in [0.05, 0.1) is 0 Å². The number of allylic oxidation sites excluding steroid dienone is 1. The minimum Gasteiger partial charge on any atom is -0.372 e. The van der Waals surface area contributed by atoms with Crippen molar-refractivity contribution < 1.29 is 0 Å². The first kappa shape index (κ1) is 12.0. The SMILES string of the molecule is CC=CN(C1CCCCC1)C1CCCCC1. The Morgan fingerprint density at radius 2 is 1.19 bits per heavy atom. The Morgan fingerprint density at radius 3 is 1.56 bits per heavy atom. The van der Waals surface area contributed by atoms with Gasteiger partial charge in [0, 0.05) is 12.1 Å². The molecule has 2 aliphatic carbocycles. The third-order valence-corrected chi connectivity index (χ3v) is 4.31. The Bertz CT molecular complexity index is 191. The highest BCUT2D eigenvalue weighted by Gasteiger charge is 2.25. The molecule has 0 radical (unpaired) electrons. The molecular weight excluding hydrogens is 194 g/mol. The van der Waals surface area contributed by atoms with Crippen LogP contribution in [0.25, 0.3) is 0 Å². The van der Waals surface area contributed by atoms with E-state index in [1.54, 1.807) is 0 Å². The van der Waals surface area contributed by atoms with Crippen LogP contribution in [-0.2, 0) is 0 Å². The van der Waals surface area contributed by atoms with Crippen molar-refractivity contribution in [3.05, 3.63) is 12.3 Å². The van der Waals surface area contributed by atoms with Crippen LogP contribution >= 0.6 is 0 Å². The van der Waals surface area contributed by atoms with Crippen LogP contribution in [0.4, 0.5) is 0 Å². The molecule has 1 nitrogen and oxygen atoms in total. The second-order valence-electron chi connectivity index (χ2n) is 5.51. The van der Waals surface area contributed by atoms with Crippen molar-refractivity contribution >= 4 is 0 Å². The van der Waals surface area contributed by atoms with Gasteiger partial charge in [0.15, 0.2) is 0 Å². The summed E-state index contributed by atoms with van der Waals surface area (Å²) in [6.45, 7) is 2.17. The van der Waals surface area contributed by atoms with Crippen molar-refractivity contribution in [2.75, 3.05) is 0 Å². The monoisotopic (exact) mass is 221 g/mol. The Kier molecular flexibility index (Phi) is 4.74. The lowest BCUT2D eigenvalue weighted by Crippen LogP contribution is -2.41. The number of nitrogens with zero attached hydrogens (tertiary/aromatic N) is 1. The molecule has 2 saturated carbocycles. The van der Waals surface area contributed by atoms with E-state index in [0.717, 1.165) is 12.1 Å². The van der Waals surface area contributed by atoms with Crippen LogP contribution in [0.1, 0.15) is 71.1 Å². The molecule has 0 heterocycles. The molecule has 0 aromatic carbocycles. The van der Waals surface area contributed by atoms with E-state index in [2.05, 4.69) is 24.1 Å². The van der Waals surface area contributed by atoms with Crippen LogP contribution in [0.5, 0.6) is 0 Å². The first-order valence-electron chi connectivity index (χ1n) is 7.32. The number of rotatable bonds is 3. The largest absolute Gasteiger partial charge is 0.372 e. The summed E-state index contributed by atoms with van der Waals surface area (Å²) in [4.78, 5) is 2.72. The maximum Gasteiger partial charge on any atom is 0.0287 e. The molecule has 1 heteroatoms. The quantitative estimate of drug-likeness (QED) is 0.679. The lowest BCUT2D eigenvalue weighted by Gasteiger charge is -2.41. The van der Waals surface area contributed by atoms with Crippen molar-refractivity contribution in [2.45, 2.75) is 83.2 Å². The second kappa shape index (κ2) is 6.32. The maximum absolute atomic E-state index is 2.72. The molecule has 0 N–H and O–H groups in total. The van der Waals surface area contributed by atoms with E-state index in [4.69, 9.17) is 0 Å². The van der Waals surface area contributed by atoms with E-state index in [1.165, 1.54) is 64.2 Å². The zero-order chi connectivity index (χ0) is 11.2. The molecule has 0 aliphatic heterocycles. The van der Waals surface area contributed by atoms with Gasteiger partial charge >= 0.3 is 0 Å². The molecule has 0 aromatic rings. The highest BCUT2D eigenvalue weighted by molar-refractivity contribution is 4.91. The number of hydrogen-bond donors (Lipinski definition) is 0. The normalized spacial score (nSPS) is 25.1. The van der Waals surface area contributed by atoms with E-state index >= 15 is 0 Å². The molecule has 16 heavy (non-hydrogen) atoms. The molecule has 0 unspecified atom stereocenters. The molecule has 0 aromatic heterocycles. The summed E-state index contributed by atoms with van der Waals surface area (Å²) >= 11 is 0. The first-order chi connectivity index (χ1) is 7.92. The van der Waals surface area contributed by atoms with Crippen LogP contribution in [0.15, 0.2) is 12.3 Å². The highest BCUT2D eigenvalue weighted by Crippen LogP contribution is 2.30. The smallest absolute Gasteiger partial charge is 0.0287 e. The molecule has 0 amide bonds. The molecule has 2 aliphatic rings. The fraction of sp³-hybridized carbons (Fsp3) is 0.867.